The number of hydrogen-bond donors (Lipinski definition) is 4. The summed E-state index contributed by atoms with van der Waals surface area (Å²) in [5.74, 6) is -0.368. The van der Waals surface area contributed by atoms with Gasteiger partial charge in [0.2, 0.25) is 5.91 Å². The Morgan fingerprint density at radius 2 is 2.06 bits per heavy atom. The molecule has 18 heavy (non-hydrogen) atoms. The number of benzene rings is 1. The van der Waals surface area contributed by atoms with Crippen molar-refractivity contribution in [3.63, 3.8) is 0 Å². The fourth-order valence-electron chi connectivity index (χ4n) is 1.42. The molecule has 0 heterocycles. The van der Waals surface area contributed by atoms with Gasteiger partial charge in [-0.3, -0.25) is 4.79 Å². The van der Waals surface area contributed by atoms with E-state index in [-0.39, 0.29) is 18.4 Å². The molecule has 0 bridgehead atoms. The van der Waals surface area contributed by atoms with Crippen LogP contribution in [0.25, 0.3) is 0 Å². The zero-order chi connectivity index (χ0) is 13.4. The van der Waals surface area contributed by atoms with Crippen molar-refractivity contribution < 1.29 is 9.59 Å². The number of nitrogens with one attached hydrogen (secondary N) is 2. The molecule has 1 rings (SSSR count). The number of urea groups is 1. The van der Waals surface area contributed by atoms with E-state index in [9.17, 15) is 9.59 Å². The van der Waals surface area contributed by atoms with E-state index in [1.165, 1.54) is 0 Å². The van der Waals surface area contributed by atoms with Gasteiger partial charge in [-0.2, -0.15) is 0 Å². The van der Waals surface area contributed by atoms with Crippen LogP contribution < -0.4 is 22.1 Å². The average Bonchev–Trinajstić information content (AvgIpc) is 2.34. The summed E-state index contributed by atoms with van der Waals surface area (Å²) >= 11 is 0. The number of primary amides is 1. The van der Waals surface area contributed by atoms with E-state index < -0.39 is 0 Å². The molecule has 1 aromatic rings. The lowest BCUT2D eigenvalue weighted by Crippen LogP contribution is -2.30. The second-order valence-electron chi connectivity index (χ2n) is 3.86. The monoisotopic (exact) mass is 250 g/mol. The SMILES string of the molecule is NCc1cccc(NC(=O)NCCCC(N)=O)c1. The van der Waals surface area contributed by atoms with Crippen molar-refractivity contribution in [2.75, 3.05) is 11.9 Å². The molecular weight excluding hydrogens is 232 g/mol. The highest BCUT2D eigenvalue weighted by Gasteiger charge is 2.02. The normalized spacial score (nSPS) is 9.83. The van der Waals surface area contributed by atoms with Gasteiger partial charge in [-0.05, 0) is 24.1 Å². The lowest BCUT2D eigenvalue weighted by Gasteiger charge is -2.08. The fraction of sp³-hybridized carbons (Fsp3) is 0.333. The van der Waals surface area contributed by atoms with E-state index in [2.05, 4.69) is 10.6 Å². The van der Waals surface area contributed by atoms with Crippen LogP contribution >= 0.6 is 0 Å². The predicted molar refractivity (Wildman–Crippen MR) is 69.8 cm³/mol. The van der Waals surface area contributed by atoms with Gasteiger partial charge in [0.1, 0.15) is 0 Å². The van der Waals surface area contributed by atoms with Gasteiger partial charge in [-0.15, -0.1) is 0 Å². The Kier molecular flexibility index (Phi) is 5.66. The smallest absolute Gasteiger partial charge is 0.319 e. The number of nitrogens with two attached hydrogens (primary N) is 2. The molecule has 6 N–H and O–H groups in total. The van der Waals surface area contributed by atoms with Crippen LogP contribution in [0.5, 0.6) is 0 Å². The lowest BCUT2D eigenvalue weighted by molar-refractivity contribution is -0.118. The van der Waals surface area contributed by atoms with Gasteiger partial charge in [0, 0.05) is 25.2 Å². The minimum Gasteiger partial charge on any atom is -0.370 e. The van der Waals surface area contributed by atoms with Crippen LogP contribution in [0.15, 0.2) is 24.3 Å². The molecule has 0 fully saturated rings. The molecule has 0 aliphatic carbocycles. The minimum atomic E-state index is -0.368. The van der Waals surface area contributed by atoms with Gasteiger partial charge in [0.25, 0.3) is 0 Å². The first-order valence-corrected chi connectivity index (χ1v) is 5.74. The summed E-state index contributed by atoms with van der Waals surface area (Å²) in [7, 11) is 0. The number of rotatable bonds is 6. The molecular formula is C12H18N4O2. The maximum Gasteiger partial charge on any atom is 0.319 e. The van der Waals surface area contributed by atoms with Crippen molar-refractivity contribution >= 4 is 17.6 Å². The van der Waals surface area contributed by atoms with Gasteiger partial charge in [0.15, 0.2) is 0 Å². The van der Waals surface area contributed by atoms with Crippen LogP contribution in [0.2, 0.25) is 0 Å². The summed E-state index contributed by atoms with van der Waals surface area (Å²) in [6.45, 7) is 0.834. The fourth-order valence-corrected chi connectivity index (χ4v) is 1.42. The van der Waals surface area contributed by atoms with Crippen LogP contribution in [0.3, 0.4) is 0 Å². The number of hydrogen-bond acceptors (Lipinski definition) is 3. The van der Waals surface area contributed by atoms with E-state index in [0.717, 1.165) is 5.56 Å². The van der Waals surface area contributed by atoms with E-state index in [0.29, 0.717) is 25.2 Å². The highest BCUT2D eigenvalue weighted by molar-refractivity contribution is 5.89. The van der Waals surface area contributed by atoms with Crippen LogP contribution in [-0.2, 0) is 11.3 Å². The van der Waals surface area contributed by atoms with E-state index in [1.54, 1.807) is 6.07 Å². The van der Waals surface area contributed by atoms with Gasteiger partial charge < -0.3 is 22.1 Å². The largest absolute Gasteiger partial charge is 0.370 e. The molecule has 0 atom stereocenters. The van der Waals surface area contributed by atoms with Crippen LogP contribution in [0.1, 0.15) is 18.4 Å². The van der Waals surface area contributed by atoms with E-state index in [1.807, 2.05) is 18.2 Å². The molecule has 0 aliphatic rings. The van der Waals surface area contributed by atoms with Gasteiger partial charge >= 0.3 is 6.03 Å². The maximum absolute atomic E-state index is 11.5. The second-order valence-corrected chi connectivity index (χ2v) is 3.86. The Hall–Kier alpha value is -2.08. The molecule has 0 saturated carbocycles. The highest BCUT2D eigenvalue weighted by Crippen LogP contribution is 2.09. The van der Waals surface area contributed by atoms with Crippen LogP contribution in [0.4, 0.5) is 10.5 Å². The molecule has 6 nitrogen and oxygen atoms in total. The standard InChI is InChI=1S/C12H18N4O2/c13-8-9-3-1-4-10(7-9)16-12(18)15-6-2-5-11(14)17/h1,3-4,7H,2,5-6,8,13H2,(H2,14,17)(H2,15,16,18). The van der Waals surface area contributed by atoms with Crippen molar-refractivity contribution in [3.05, 3.63) is 29.8 Å². The Balaban J connectivity index is 2.33. The number of anilines is 1. The maximum atomic E-state index is 11.5. The highest BCUT2D eigenvalue weighted by atomic mass is 16.2. The third kappa shape index (κ3) is 5.31. The average molecular weight is 250 g/mol. The first kappa shape index (κ1) is 14.0. The van der Waals surface area contributed by atoms with Crippen molar-refractivity contribution in [2.24, 2.45) is 11.5 Å². The number of amides is 3. The zero-order valence-electron chi connectivity index (χ0n) is 10.1. The van der Waals surface area contributed by atoms with Gasteiger partial charge in [-0.1, -0.05) is 12.1 Å². The quantitative estimate of drug-likeness (QED) is 0.553. The van der Waals surface area contributed by atoms with Gasteiger partial charge in [-0.25, -0.2) is 4.79 Å². The van der Waals surface area contributed by atoms with Gasteiger partial charge in [0.05, 0.1) is 0 Å². The Morgan fingerprint density at radius 1 is 1.28 bits per heavy atom. The third-order valence-corrected chi connectivity index (χ3v) is 2.31. The van der Waals surface area contributed by atoms with Crippen molar-refractivity contribution in [2.45, 2.75) is 19.4 Å². The molecule has 98 valence electrons. The molecule has 6 heteroatoms. The molecule has 0 radical (unpaired) electrons. The lowest BCUT2D eigenvalue weighted by atomic mass is 10.2. The minimum absolute atomic E-state index is 0.267. The summed E-state index contributed by atoms with van der Waals surface area (Å²) in [6.07, 6.45) is 0.800. The molecule has 0 saturated heterocycles. The number of carbonyl (C=O) groups is 2. The molecule has 0 aliphatic heterocycles. The molecule has 0 spiro atoms. The molecule has 3 amide bonds. The Morgan fingerprint density at radius 3 is 2.72 bits per heavy atom. The third-order valence-electron chi connectivity index (χ3n) is 2.31. The van der Waals surface area contributed by atoms with Crippen LogP contribution in [-0.4, -0.2) is 18.5 Å². The topological polar surface area (TPSA) is 110 Å². The number of carbonyl (C=O) groups excluding carboxylic acids is 2. The summed E-state index contributed by atoms with van der Waals surface area (Å²) in [6, 6.07) is 6.99. The second kappa shape index (κ2) is 7.29. The molecule has 1 aromatic carbocycles. The van der Waals surface area contributed by atoms with Crippen LogP contribution in [0, 0.1) is 0 Å². The Labute approximate surface area is 106 Å². The van der Waals surface area contributed by atoms with E-state index in [4.69, 9.17) is 11.5 Å². The van der Waals surface area contributed by atoms with Crippen molar-refractivity contribution in [1.82, 2.24) is 5.32 Å². The Bertz CT molecular complexity index is 420. The predicted octanol–water partition coefficient (Wildman–Crippen LogP) is 0.532. The first-order valence-electron chi connectivity index (χ1n) is 5.74. The zero-order valence-corrected chi connectivity index (χ0v) is 10.1. The van der Waals surface area contributed by atoms with Crippen molar-refractivity contribution in [1.29, 1.82) is 0 Å². The summed E-state index contributed by atoms with van der Waals surface area (Å²) in [5.41, 5.74) is 12.1. The van der Waals surface area contributed by atoms with Crippen molar-refractivity contribution in [3.8, 4) is 0 Å². The van der Waals surface area contributed by atoms with E-state index >= 15 is 0 Å². The molecule has 0 aromatic heterocycles. The first-order chi connectivity index (χ1) is 8.61. The molecule has 0 unspecified atom stereocenters. The summed E-state index contributed by atoms with van der Waals surface area (Å²) in [5, 5.41) is 5.32. The summed E-state index contributed by atoms with van der Waals surface area (Å²) < 4.78 is 0. The summed E-state index contributed by atoms with van der Waals surface area (Å²) in [4.78, 5) is 22.0.